The van der Waals surface area contributed by atoms with Crippen molar-refractivity contribution in [1.82, 2.24) is 0 Å². The molecule has 0 heterocycles. The van der Waals surface area contributed by atoms with Gasteiger partial charge in [0.15, 0.2) is 14.4 Å². The Labute approximate surface area is 162 Å². The fraction of sp³-hybridized carbons (Fsp3) is 0.650. The van der Waals surface area contributed by atoms with Gasteiger partial charge in [-0.05, 0) is 42.8 Å². The van der Waals surface area contributed by atoms with E-state index < -0.39 is 32.2 Å². The van der Waals surface area contributed by atoms with E-state index in [4.69, 9.17) is 13.9 Å². The van der Waals surface area contributed by atoms with Gasteiger partial charge in [-0.2, -0.15) is 0 Å². The first-order valence-electron chi connectivity index (χ1n) is 9.10. The molecule has 0 N–H and O–H groups in total. The van der Waals surface area contributed by atoms with Gasteiger partial charge in [-0.15, -0.1) is 0 Å². The molecule has 154 valence electrons. The van der Waals surface area contributed by atoms with Crippen molar-refractivity contribution in [3.05, 3.63) is 29.8 Å². The van der Waals surface area contributed by atoms with Gasteiger partial charge in [0.2, 0.25) is 0 Å². The minimum atomic E-state index is -3.19. The van der Waals surface area contributed by atoms with Gasteiger partial charge in [-0.25, -0.2) is 13.6 Å². The maximum Gasteiger partial charge on any atom is 0.334 e. The highest BCUT2D eigenvalue weighted by Gasteiger charge is 2.50. The van der Waals surface area contributed by atoms with E-state index in [1.54, 1.807) is 31.2 Å². The van der Waals surface area contributed by atoms with Gasteiger partial charge in [-0.3, -0.25) is 0 Å². The lowest BCUT2D eigenvalue weighted by atomic mass is 9.88. The smallest absolute Gasteiger partial charge is 0.334 e. The van der Waals surface area contributed by atoms with Crippen LogP contribution in [-0.2, 0) is 14.0 Å². The number of methoxy groups -OCH3 is 1. The van der Waals surface area contributed by atoms with Gasteiger partial charge in [0.25, 0.3) is 5.92 Å². The second-order valence-corrected chi connectivity index (χ2v) is 13.0. The summed E-state index contributed by atoms with van der Waals surface area (Å²) < 4.78 is 45.7. The average molecular weight is 403 g/mol. The molecule has 0 saturated carbocycles. The summed E-state index contributed by atoms with van der Waals surface area (Å²) >= 11 is 0. The molecule has 0 spiro atoms. The van der Waals surface area contributed by atoms with Gasteiger partial charge < -0.3 is 13.9 Å². The van der Waals surface area contributed by atoms with Crippen molar-refractivity contribution in [2.24, 2.45) is 0 Å². The highest BCUT2D eigenvalue weighted by molar-refractivity contribution is 6.74. The molecule has 1 aromatic rings. The quantitative estimate of drug-likeness (QED) is 0.432. The predicted molar refractivity (Wildman–Crippen MR) is 105 cm³/mol. The van der Waals surface area contributed by atoms with E-state index in [2.05, 4.69) is 0 Å². The first-order chi connectivity index (χ1) is 12.2. The molecule has 0 saturated heterocycles. The summed E-state index contributed by atoms with van der Waals surface area (Å²) in [6, 6.07) is 6.29. The molecule has 1 aromatic carbocycles. The van der Waals surface area contributed by atoms with E-state index in [1.165, 1.54) is 7.11 Å². The van der Waals surface area contributed by atoms with Gasteiger partial charge in [0.1, 0.15) is 5.75 Å². The number of ether oxygens (including phenoxy) is 2. The Hall–Kier alpha value is -1.47. The fourth-order valence-corrected chi connectivity index (χ4v) is 3.74. The van der Waals surface area contributed by atoms with Crippen LogP contribution in [0.1, 0.15) is 46.1 Å². The van der Waals surface area contributed by atoms with Crippen molar-refractivity contribution in [2.75, 3.05) is 13.7 Å². The second kappa shape index (κ2) is 8.69. The van der Waals surface area contributed by atoms with Gasteiger partial charge in [0.05, 0.1) is 19.6 Å². The van der Waals surface area contributed by atoms with Crippen molar-refractivity contribution < 1.29 is 27.5 Å². The number of carbonyl (C=O) groups excluding carboxylic acids is 1. The van der Waals surface area contributed by atoms with Gasteiger partial charge >= 0.3 is 5.97 Å². The number of esters is 1. The minimum absolute atomic E-state index is 0.0980. The molecule has 0 amide bonds. The molecule has 0 bridgehead atoms. The predicted octanol–water partition coefficient (Wildman–Crippen LogP) is 5.39. The summed E-state index contributed by atoms with van der Waals surface area (Å²) in [5, 5.41) is -0.245. The molecule has 0 aliphatic heterocycles. The van der Waals surface area contributed by atoms with E-state index in [-0.39, 0.29) is 11.6 Å². The Kier molecular flexibility index (Phi) is 7.58. The Morgan fingerprint density at radius 3 is 2.00 bits per heavy atom. The van der Waals surface area contributed by atoms with Crippen LogP contribution < -0.4 is 4.74 Å². The zero-order valence-electron chi connectivity index (χ0n) is 17.6. The fourth-order valence-electron chi connectivity index (χ4n) is 2.52. The Balaban J connectivity index is 3.43. The van der Waals surface area contributed by atoms with E-state index in [0.29, 0.717) is 11.3 Å². The lowest BCUT2D eigenvalue weighted by Crippen LogP contribution is -2.51. The van der Waals surface area contributed by atoms with E-state index in [9.17, 15) is 13.6 Å². The zero-order chi connectivity index (χ0) is 21.0. The number of hydrogen-bond donors (Lipinski definition) is 0. The summed E-state index contributed by atoms with van der Waals surface area (Å²) in [4.78, 5) is 12.6. The summed E-state index contributed by atoms with van der Waals surface area (Å²) in [7, 11) is -1.01. The van der Waals surface area contributed by atoms with Gasteiger partial charge in [-0.1, -0.05) is 32.9 Å². The molecule has 4 nitrogen and oxygen atoms in total. The van der Waals surface area contributed by atoms with Crippen molar-refractivity contribution in [2.45, 2.75) is 70.7 Å². The van der Waals surface area contributed by atoms with Crippen LogP contribution in [0.4, 0.5) is 8.78 Å². The third-order valence-corrected chi connectivity index (χ3v) is 9.53. The molecule has 0 fully saturated rings. The maximum atomic E-state index is 14.7. The van der Waals surface area contributed by atoms with Gasteiger partial charge in [0, 0.05) is 6.92 Å². The highest BCUT2D eigenvalue weighted by atomic mass is 28.4. The van der Waals surface area contributed by atoms with Crippen LogP contribution in [0.2, 0.25) is 18.1 Å². The first kappa shape index (κ1) is 23.6. The zero-order valence-corrected chi connectivity index (χ0v) is 18.6. The average Bonchev–Trinajstić information content (AvgIpc) is 2.52. The molecule has 0 aromatic heterocycles. The standard InChI is InChI=1S/C20H32F2O4Si/c1-9-25-18(23)17(26-27(7,8)19(2,3)4)16(20(5,21)22)14-10-12-15(24-6)13-11-14/h10-13,16-17H,9H2,1-8H3/t16-,17-/m1/s1. The van der Waals surface area contributed by atoms with Crippen LogP contribution in [0.5, 0.6) is 5.75 Å². The summed E-state index contributed by atoms with van der Waals surface area (Å²) in [5.74, 6) is -4.86. The molecule has 1 rings (SSSR count). The normalized spacial score (nSPS) is 15.2. The topological polar surface area (TPSA) is 44.8 Å². The first-order valence-corrected chi connectivity index (χ1v) is 12.0. The highest BCUT2D eigenvalue weighted by Crippen LogP contribution is 2.43. The molecular weight excluding hydrogens is 370 g/mol. The lowest BCUT2D eigenvalue weighted by Gasteiger charge is -2.41. The monoisotopic (exact) mass is 402 g/mol. The maximum absolute atomic E-state index is 14.7. The molecule has 27 heavy (non-hydrogen) atoms. The van der Waals surface area contributed by atoms with Crippen LogP contribution in [0, 0.1) is 0 Å². The van der Waals surface area contributed by atoms with Crippen molar-refractivity contribution in [3.8, 4) is 5.75 Å². The summed E-state index contributed by atoms with van der Waals surface area (Å²) in [5.41, 5.74) is 0.306. The molecule has 0 aliphatic carbocycles. The van der Waals surface area contributed by atoms with Crippen molar-refractivity contribution >= 4 is 14.3 Å². The molecule has 7 heteroatoms. The number of rotatable bonds is 8. The Morgan fingerprint density at radius 1 is 1.11 bits per heavy atom. The van der Waals surface area contributed by atoms with Crippen LogP contribution in [-0.4, -0.2) is 40.0 Å². The van der Waals surface area contributed by atoms with Crippen LogP contribution >= 0.6 is 0 Å². The van der Waals surface area contributed by atoms with E-state index >= 15 is 0 Å². The SMILES string of the molecule is CCOC(=O)[C@H](O[Si](C)(C)C(C)(C)C)[C@@H](c1ccc(OC)cc1)C(C)(F)F. The number of alkyl halides is 2. The van der Waals surface area contributed by atoms with Crippen molar-refractivity contribution in [1.29, 1.82) is 0 Å². The molecule has 0 aliphatic rings. The number of carbonyl (C=O) groups is 1. The summed E-state index contributed by atoms with van der Waals surface area (Å²) in [6.45, 7) is 12.4. The molecular formula is C20H32F2O4Si. The largest absolute Gasteiger partial charge is 0.497 e. The Morgan fingerprint density at radius 2 is 1.63 bits per heavy atom. The Bertz CT molecular complexity index is 618. The number of benzene rings is 1. The van der Waals surface area contributed by atoms with Crippen LogP contribution in [0.25, 0.3) is 0 Å². The molecule has 0 unspecified atom stereocenters. The third kappa shape index (κ3) is 6.00. The molecule has 2 atom stereocenters. The lowest BCUT2D eigenvalue weighted by molar-refractivity contribution is -0.159. The van der Waals surface area contributed by atoms with Crippen LogP contribution in [0.3, 0.4) is 0 Å². The van der Waals surface area contributed by atoms with Crippen molar-refractivity contribution in [3.63, 3.8) is 0 Å². The third-order valence-electron chi connectivity index (χ3n) is 5.07. The second-order valence-electron chi connectivity index (χ2n) is 8.26. The number of halogens is 2. The summed E-state index contributed by atoms with van der Waals surface area (Å²) in [6.07, 6.45) is -1.39. The molecule has 0 radical (unpaired) electrons. The van der Waals surface area contributed by atoms with E-state index in [0.717, 1.165) is 6.92 Å². The number of hydrogen-bond acceptors (Lipinski definition) is 4. The van der Waals surface area contributed by atoms with Crippen LogP contribution in [0.15, 0.2) is 24.3 Å². The minimum Gasteiger partial charge on any atom is -0.497 e. The van der Waals surface area contributed by atoms with E-state index in [1.807, 2.05) is 33.9 Å².